The van der Waals surface area contributed by atoms with E-state index < -0.39 is 10.9 Å². The van der Waals surface area contributed by atoms with Gasteiger partial charge in [0.25, 0.3) is 11.6 Å². The molecule has 0 aliphatic carbocycles. The molecule has 0 spiro atoms. The van der Waals surface area contributed by atoms with Crippen molar-refractivity contribution in [2.24, 2.45) is 5.92 Å². The summed E-state index contributed by atoms with van der Waals surface area (Å²) >= 11 is 0. The summed E-state index contributed by atoms with van der Waals surface area (Å²) in [4.78, 5) is 38.9. The van der Waals surface area contributed by atoms with Crippen molar-refractivity contribution in [3.8, 4) is 0 Å². The smallest absolute Gasteiger partial charge is 0.338 e. The number of rotatable bonds is 5. The van der Waals surface area contributed by atoms with Crippen LogP contribution < -0.4 is 4.90 Å². The minimum atomic E-state index is -0.718. The maximum Gasteiger partial charge on any atom is 0.338 e. The molecule has 2 saturated heterocycles. The third-order valence-corrected chi connectivity index (χ3v) is 5.19. The van der Waals surface area contributed by atoms with E-state index in [0.29, 0.717) is 24.7 Å². The van der Waals surface area contributed by atoms with Gasteiger partial charge < -0.3 is 14.5 Å². The van der Waals surface area contributed by atoms with E-state index in [1.807, 2.05) is 4.90 Å². The Labute approximate surface area is 158 Å². The van der Waals surface area contributed by atoms with Crippen molar-refractivity contribution in [2.45, 2.75) is 32.6 Å². The van der Waals surface area contributed by atoms with Gasteiger partial charge in [-0.25, -0.2) is 4.79 Å². The highest BCUT2D eigenvalue weighted by Crippen LogP contribution is 2.32. The molecule has 0 aromatic heterocycles. The molecule has 1 amide bonds. The second-order valence-electron chi connectivity index (χ2n) is 7.32. The first kappa shape index (κ1) is 19.1. The molecule has 1 aromatic rings. The van der Waals surface area contributed by atoms with Gasteiger partial charge in [0.15, 0.2) is 6.61 Å². The van der Waals surface area contributed by atoms with Gasteiger partial charge in [0.05, 0.1) is 10.5 Å². The molecule has 2 fully saturated rings. The summed E-state index contributed by atoms with van der Waals surface area (Å²) in [6.07, 6.45) is 4.02. The first-order chi connectivity index (χ1) is 13.0. The molecular formula is C19H25N3O5. The predicted molar refractivity (Wildman–Crippen MR) is 99.8 cm³/mol. The number of amides is 1. The van der Waals surface area contributed by atoms with Crippen LogP contribution in [0, 0.1) is 16.0 Å². The molecule has 2 aliphatic rings. The number of hydrogen-bond donors (Lipinski definition) is 0. The lowest BCUT2D eigenvalue weighted by Gasteiger charge is -2.32. The third kappa shape index (κ3) is 4.56. The standard InChI is InChI=1S/C19H25N3O5/c1-14-5-4-10-21(12-14)16-7-6-15(11-17(16)22(25)26)19(24)27-13-18(23)20-8-2-3-9-20/h6-7,11,14H,2-5,8-10,12-13H2,1H3. The number of carbonyl (C=O) groups excluding carboxylic acids is 2. The first-order valence-electron chi connectivity index (χ1n) is 9.44. The van der Waals surface area contributed by atoms with Crippen LogP contribution in [0.15, 0.2) is 18.2 Å². The number of nitrogens with zero attached hydrogens (tertiary/aromatic N) is 3. The molecular weight excluding hydrogens is 350 g/mol. The molecule has 3 rings (SSSR count). The van der Waals surface area contributed by atoms with Crippen molar-refractivity contribution in [2.75, 3.05) is 37.7 Å². The molecule has 8 nitrogen and oxygen atoms in total. The molecule has 2 heterocycles. The molecule has 0 radical (unpaired) electrons. The SMILES string of the molecule is CC1CCCN(c2ccc(C(=O)OCC(=O)N3CCCC3)cc2[N+](=O)[O-])C1. The van der Waals surface area contributed by atoms with Crippen molar-refractivity contribution >= 4 is 23.3 Å². The van der Waals surface area contributed by atoms with Crippen LogP contribution >= 0.6 is 0 Å². The molecule has 2 aliphatic heterocycles. The van der Waals surface area contributed by atoms with Gasteiger partial charge in [-0.05, 0) is 43.7 Å². The number of benzene rings is 1. The maximum atomic E-state index is 12.2. The van der Waals surface area contributed by atoms with Gasteiger partial charge in [-0.2, -0.15) is 0 Å². The van der Waals surface area contributed by atoms with E-state index in [9.17, 15) is 19.7 Å². The molecule has 1 aromatic carbocycles. The Hall–Kier alpha value is -2.64. The number of hydrogen-bond acceptors (Lipinski definition) is 6. The summed E-state index contributed by atoms with van der Waals surface area (Å²) in [5.41, 5.74) is 0.505. The van der Waals surface area contributed by atoms with Gasteiger partial charge >= 0.3 is 5.97 Å². The lowest BCUT2D eigenvalue weighted by Crippen LogP contribution is -2.34. The highest BCUT2D eigenvalue weighted by molar-refractivity contribution is 5.93. The summed E-state index contributed by atoms with van der Waals surface area (Å²) < 4.78 is 5.07. The van der Waals surface area contributed by atoms with E-state index in [4.69, 9.17) is 4.74 Å². The molecule has 146 valence electrons. The van der Waals surface area contributed by atoms with Crippen molar-refractivity contribution in [1.29, 1.82) is 0 Å². The second-order valence-corrected chi connectivity index (χ2v) is 7.32. The predicted octanol–water partition coefficient (Wildman–Crippen LogP) is 2.61. The van der Waals surface area contributed by atoms with Gasteiger partial charge in [-0.3, -0.25) is 14.9 Å². The number of ether oxygens (including phenoxy) is 1. The number of anilines is 1. The Kier molecular flexibility index (Phi) is 5.93. The Bertz CT molecular complexity index is 730. The number of piperidine rings is 1. The van der Waals surface area contributed by atoms with E-state index in [2.05, 4.69) is 6.92 Å². The topological polar surface area (TPSA) is 93.0 Å². The van der Waals surface area contributed by atoms with E-state index in [0.717, 1.165) is 38.8 Å². The number of likely N-dealkylation sites (tertiary alicyclic amines) is 1. The zero-order chi connectivity index (χ0) is 19.4. The third-order valence-electron chi connectivity index (χ3n) is 5.19. The fourth-order valence-electron chi connectivity index (χ4n) is 3.74. The molecule has 1 atom stereocenters. The van der Waals surface area contributed by atoms with Crippen LogP contribution in [-0.4, -0.2) is 54.5 Å². The first-order valence-corrected chi connectivity index (χ1v) is 9.44. The lowest BCUT2D eigenvalue weighted by molar-refractivity contribution is -0.384. The lowest BCUT2D eigenvalue weighted by atomic mass is 9.99. The Morgan fingerprint density at radius 2 is 1.96 bits per heavy atom. The van der Waals surface area contributed by atoms with E-state index in [1.165, 1.54) is 12.1 Å². The summed E-state index contributed by atoms with van der Waals surface area (Å²) in [6, 6.07) is 4.39. The fourth-order valence-corrected chi connectivity index (χ4v) is 3.74. The maximum absolute atomic E-state index is 12.2. The normalized spacial score (nSPS) is 19.8. The largest absolute Gasteiger partial charge is 0.452 e. The molecule has 1 unspecified atom stereocenters. The van der Waals surface area contributed by atoms with E-state index in [1.54, 1.807) is 11.0 Å². The zero-order valence-electron chi connectivity index (χ0n) is 15.6. The zero-order valence-corrected chi connectivity index (χ0v) is 15.6. The van der Waals surface area contributed by atoms with Gasteiger partial charge in [0, 0.05) is 32.2 Å². The number of nitro groups is 1. The van der Waals surface area contributed by atoms with Crippen LogP contribution in [0.1, 0.15) is 43.0 Å². The summed E-state index contributed by atoms with van der Waals surface area (Å²) in [7, 11) is 0. The fraction of sp³-hybridized carbons (Fsp3) is 0.579. The van der Waals surface area contributed by atoms with Crippen molar-refractivity contribution in [1.82, 2.24) is 4.90 Å². The summed E-state index contributed by atoms with van der Waals surface area (Å²) in [5.74, 6) is -0.474. The van der Waals surface area contributed by atoms with Crippen LogP contribution in [0.4, 0.5) is 11.4 Å². The highest BCUT2D eigenvalue weighted by Gasteiger charge is 2.26. The van der Waals surface area contributed by atoms with Crippen LogP contribution in [0.3, 0.4) is 0 Å². The van der Waals surface area contributed by atoms with Crippen LogP contribution in [0.5, 0.6) is 0 Å². The quantitative estimate of drug-likeness (QED) is 0.446. The van der Waals surface area contributed by atoms with Crippen LogP contribution in [0.2, 0.25) is 0 Å². The summed E-state index contributed by atoms with van der Waals surface area (Å²) in [6.45, 7) is 4.68. The van der Waals surface area contributed by atoms with Gasteiger partial charge in [0.1, 0.15) is 5.69 Å². The minimum absolute atomic E-state index is 0.0877. The number of carbonyl (C=O) groups is 2. The van der Waals surface area contributed by atoms with Gasteiger partial charge in [-0.1, -0.05) is 6.92 Å². The minimum Gasteiger partial charge on any atom is -0.452 e. The molecule has 0 bridgehead atoms. The van der Waals surface area contributed by atoms with Crippen LogP contribution in [0.25, 0.3) is 0 Å². The second kappa shape index (κ2) is 8.37. The Morgan fingerprint density at radius 3 is 2.63 bits per heavy atom. The number of esters is 1. The average Bonchev–Trinajstić information content (AvgIpc) is 3.20. The number of nitro benzene ring substituents is 1. The van der Waals surface area contributed by atoms with Gasteiger partial charge in [0.2, 0.25) is 0 Å². The molecule has 8 heteroatoms. The summed E-state index contributed by atoms with van der Waals surface area (Å²) in [5, 5.41) is 11.5. The van der Waals surface area contributed by atoms with Crippen LogP contribution in [-0.2, 0) is 9.53 Å². The van der Waals surface area contributed by atoms with Crippen molar-refractivity contribution in [3.63, 3.8) is 0 Å². The van der Waals surface area contributed by atoms with Crippen molar-refractivity contribution < 1.29 is 19.2 Å². The molecule has 0 N–H and O–H groups in total. The molecule has 0 saturated carbocycles. The average molecular weight is 375 g/mol. The highest BCUT2D eigenvalue weighted by atomic mass is 16.6. The Morgan fingerprint density at radius 1 is 1.22 bits per heavy atom. The van der Waals surface area contributed by atoms with Gasteiger partial charge in [-0.15, -0.1) is 0 Å². The van der Waals surface area contributed by atoms with E-state index in [-0.39, 0.29) is 23.8 Å². The van der Waals surface area contributed by atoms with Crippen molar-refractivity contribution in [3.05, 3.63) is 33.9 Å². The van der Waals surface area contributed by atoms with E-state index >= 15 is 0 Å². The monoisotopic (exact) mass is 375 g/mol. The molecule has 27 heavy (non-hydrogen) atoms. The Balaban J connectivity index is 1.70.